The smallest absolute Gasteiger partial charge is 0.227 e. The highest BCUT2D eigenvalue weighted by atomic mass is 16.1. The Balaban J connectivity index is 1.32. The first-order valence-corrected chi connectivity index (χ1v) is 9.52. The topological polar surface area (TPSA) is 46.4 Å². The normalized spacial score (nSPS) is 24.3. The predicted molar refractivity (Wildman–Crippen MR) is 103 cm³/mol. The summed E-state index contributed by atoms with van der Waals surface area (Å²) in [6, 6.07) is 12.2. The van der Waals surface area contributed by atoms with Crippen LogP contribution >= 0.6 is 0 Å². The number of nitrogens with zero attached hydrogens (tertiary/aromatic N) is 2. The molecule has 2 aliphatic carbocycles. The molecule has 2 bridgehead atoms. The number of nitrogens with one attached hydrogen (secondary N) is 1. The lowest BCUT2D eigenvalue weighted by Gasteiger charge is -2.20. The van der Waals surface area contributed by atoms with E-state index in [1.54, 1.807) is 0 Å². The van der Waals surface area contributed by atoms with Crippen molar-refractivity contribution in [3.8, 4) is 11.3 Å². The van der Waals surface area contributed by atoms with Gasteiger partial charge in [0.05, 0.1) is 5.69 Å². The van der Waals surface area contributed by atoms with Crippen molar-refractivity contribution in [2.24, 2.45) is 17.8 Å². The number of imidazole rings is 1. The molecule has 26 heavy (non-hydrogen) atoms. The van der Waals surface area contributed by atoms with Crippen molar-refractivity contribution >= 4 is 17.2 Å². The average Bonchev–Trinajstić information content (AvgIpc) is 3.37. The molecule has 2 saturated carbocycles. The zero-order valence-corrected chi connectivity index (χ0v) is 15.0. The maximum Gasteiger partial charge on any atom is 0.227 e. The largest absolute Gasteiger partial charge is 0.326 e. The molecule has 2 aromatic heterocycles. The molecule has 2 fully saturated rings. The number of rotatable bonds is 3. The van der Waals surface area contributed by atoms with Crippen molar-refractivity contribution in [2.45, 2.75) is 32.6 Å². The van der Waals surface area contributed by atoms with Crippen LogP contribution in [0.3, 0.4) is 0 Å². The number of aryl methyl sites for hydroxylation is 1. The van der Waals surface area contributed by atoms with E-state index in [2.05, 4.69) is 24.4 Å². The van der Waals surface area contributed by atoms with Gasteiger partial charge in [0.1, 0.15) is 5.65 Å². The van der Waals surface area contributed by atoms with Gasteiger partial charge in [-0.05, 0) is 67.9 Å². The molecule has 5 rings (SSSR count). The van der Waals surface area contributed by atoms with E-state index in [-0.39, 0.29) is 11.8 Å². The predicted octanol–water partition coefficient (Wildman–Crippen LogP) is 4.68. The van der Waals surface area contributed by atoms with Crippen molar-refractivity contribution < 1.29 is 4.79 Å². The molecule has 1 N–H and O–H groups in total. The lowest BCUT2D eigenvalue weighted by molar-refractivity contribution is -0.121. The molecule has 2 heterocycles. The Labute approximate surface area is 153 Å². The van der Waals surface area contributed by atoms with Crippen LogP contribution in [-0.4, -0.2) is 15.3 Å². The van der Waals surface area contributed by atoms with Gasteiger partial charge in [-0.3, -0.25) is 4.79 Å². The summed E-state index contributed by atoms with van der Waals surface area (Å²) in [6.07, 6.45) is 8.96. The van der Waals surface area contributed by atoms with Gasteiger partial charge in [-0.1, -0.05) is 18.6 Å². The van der Waals surface area contributed by atoms with E-state index in [9.17, 15) is 4.79 Å². The van der Waals surface area contributed by atoms with Gasteiger partial charge in [0.2, 0.25) is 5.91 Å². The van der Waals surface area contributed by atoms with Crippen LogP contribution in [-0.2, 0) is 4.79 Å². The van der Waals surface area contributed by atoms with E-state index in [1.807, 2.05) is 41.1 Å². The summed E-state index contributed by atoms with van der Waals surface area (Å²) in [7, 11) is 0. The van der Waals surface area contributed by atoms with Gasteiger partial charge < -0.3 is 9.72 Å². The van der Waals surface area contributed by atoms with Crippen molar-refractivity contribution in [2.75, 3.05) is 5.32 Å². The molecule has 0 aliphatic heterocycles. The first kappa shape index (κ1) is 15.6. The van der Waals surface area contributed by atoms with Gasteiger partial charge in [-0.25, -0.2) is 4.98 Å². The second-order valence-electron chi connectivity index (χ2n) is 7.94. The number of carbonyl (C=O) groups is 1. The van der Waals surface area contributed by atoms with Gasteiger partial charge in [-0.15, -0.1) is 0 Å². The van der Waals surface area contributed by atoms with E-state index in [4.69, 9.17) is 4.98 Å². The van der Waals surface area contributed by atoms with Gasteiger partial charge in [-0.2, -0.15) is 0 Å². The molecule has 132 valence electrons. The van der Waals surface area contributed by atoms with E-state index in [0.29, 0.717) is 5.92 Å². The molecule has 3 atom stereocenters. The number of aromatic nitrogens is 2. The maximum atomic E-state index is 12.6. The first-order valence-electron chi connectivity index (χ1n) is 9.52. The van der Waals surface area contributed by atoms with E-state index >= 15 is 0 Å². The van der Waals surface area contributed by atoms with Gasteiger partial charge >= 0.3 is 0 Å². The summed E-state index contributed by atoms with van der Waals surface area (Å²) in [5.74, 6) is 1.82. The zero-order chi connectivity index (χ0) is 17.7. The van der Waals surface area contributed by atoms with Gasteiger partial charge in [0.25, 0.3) is 0 Å². The van der Waals surface area contributed by atoms with Crippen molar-refractivity contribution in [3.05, 3.63) is 54.4 Å². The molecule has 4 heteroatoms. The number of pyridine rings is 1. The number of anilines is 1. The standard InChI is InChI=1S/C22H23N3O/c1-14-8-9-25-13-20(24-21(25)10-14)16-4-6-18(7-5-16)23-22(26)19-12-15-2-3-17(19)11-15/h4-10,13,15,17,19H,2-3,11-12H2,1H3,(H,23,26). The summed E-state index contributed by atoms with van der Waals surface area (Å²) in [6.45, 7) is 2.07. The van der Waals surface area contributed by atoms with Crippen molar-refractivity contribution in [1.82, 2.24) is 9.38 Å². The van der Waals surface area contributed by atoms with Crippen molar-refractivity contribution in [1.29, 1.82) is 0 Å². The fourth-order valence-corrected chi connectivity index (χ4v) is 4.75. The van der Waals surface area contributed by atoms with Crippen LogP contribution in [0.1, 0.15) is 31.2 Å². The highest BCUT2D eigenvalue weighted by molar-refractivity contribution is 5.93. The third-order valence-corrected chi connectivity index (χ3v) is 6.14. The second-order valence-corrected chi connectivity index (χ2v) is 7.94. The third kappa shape index (κ3) is 2.70. The Kier molecular flexibility index (Phi) is 3.59. The quantitative estimate of drug-likeness (QED) is 0.749. The summed E-state index contributed by atoms with van der Waals surface area (Å²) < 4.78 is 2.03. The van der Waals surface area contributed by atoms with Crippen LogP contribution in [0.5, 0.6) is 0 Å². The third-order valence-electron chi connectivity index (χ3n) is 6.14. The lowest BCUT2D eigenvalue weighted by atomic mass is 9.88. The van der Waals surface area contributed by atoms with Gasteiger partial charge in [0, 0.05) is 29.6 Å². The molecule has 1 amide bonds. The van der Waals surface area contributed by atoms with Crippen LogP contribution in [0.4, 0.5) is 5.69 Å². The van der Waals surface area contributed by atoms with E-state index in [1.165, 1.54) is 24.8 Å². The number of fused-ring (bicyclic) bond motifs is 3. The molecule has 2 aliphatic rings. The minimum atomic E-state index is 0.202. The SMILES string of the molecule is Cc1ccn2cc(-c3ccc(NC(=O)C4CC5CCC4C5)cc3)nc2c1. The van der Waals surface area contributed by atoms with Crippen LogP contribution in [0.2, 0.25) is 0 Å². The van der Waals surface area contributed by atoms with Crippen LogP contribution in [0.25, 0.3) is 16.9 Å². The Morgan fingerprint density at radius 3 is 2.73 bits per heavy atom. The minimum Gasteiger partial charge on any atom is -0.326 e. The maximum absolute atomic E-state index is 12.6. The number of carbonyl (C=O) groups excluding carboxylic acids is 1. The first-order chi connectivity index (χ1) is 12.7. The highest BCUT2D eigenvalue weighted by Gasteiger charge is 2.42. The summed E-state index contributed by atoms with van der Waals surface area (Å²) in [4.78, 5) is 17.3. The van der Waals surface area contributed by atoms with Crippen LogP contribution < -0.4 is 5.32 Å². The lowest BCUT2D eigenvalue weighted by Crippen LogP contribution is -2.27. The molecule has 0 saturated heterocycles. The average molecular weight is 345 g/mol. The molecule has 3 unspecified atom stereocenters. The number of hydrogen-bond acceptors (Lipinski definition) is 2. The second kappa shape index (κ2) is 5.97. The van der Waals surface area contributed by atoms with Crippen LogP contribution in [0, 0.1) is 24.7 Å². The number of amides is 1. The van der Waals surface area contributed by atoms with Crippen LogP contribution in [0.15, 0.2) is 48.8 Å². The summed E-state index contributed by atoms with van der Waals surface area (Å²) >= 11 is 0. The molecule has 4 nitrogen and oxygen atoms in total. The Bertz CT molecular complexity index is 973. The molecule has 0 spiro atoms. The minimum absolute atomic E-state index is 0.202. The Morgan fingerprint density at radius 2 is 2.00 bits per heavy atom. The summed E-state index contributed by atoms with van der Waals surface area (Å²) in [5.41, 5.74) is 5.04. The summed E-state index contributed by atoms with van der Waals surface area (Å²) in [5, 5.41) is 3.12. The number of benzene rings is 1. The Morgan fingerprint density at radius 1 is 1.15 bits per heavy atom. The molecule has 3 aromatic rings. The molecule has 1 aromatic carbocycles. The molecule has 0 radical (unpaired) electrons. The van der Waals surface area contributed by atoms with Gasteiger partial charge in [0.15, 0.2) is 0 Å². The van der Waals surface area contributed by atoms with E-state index < -0.39 is 0 Å². The molecular formula is C22H23N3O. The molecular weight excluding hydrogens is 322 g/mol. The monoisotopic (exact) mass is 345 g/mol. The highest BCUT2D eigenvalue weighted by Crippen LogP contribution is 2.48. The number of hydrogen-bond donors (Lipinski definition) is 1. The van der Waals surface area contributed by atoms with Crippen molar-refractivity contribution in [3.63, 3.8) is 0 Å². The fraction of sp³-hybridized carbons (Fsp3) is 0.364. The van der Waals surface area contributed by atoms with E-state index in [0.717, 1.165) is 34.9 Å². The zero-order valence-electron chi connectivity index (χ0n) is 15.0. The fourth-order valence-electron chi connectivity index (χ4n) is 4.75. The Hall–Kier alpha value is -2.62.